The quantitative estimate of drug-likeness (QED) is 0.504. The minimum absolute atomic E-state index is 0.0102. The number of carboxylic acids is 1. The first-order chi connectivity index (χ1) is 14.5. The first kappa shape index (κ1) is 22.4. The smallest absolute Gasteiger partial charge is 0.307 e. The van der Waals surface area contributed by atoms with E-state index in [0.717, 1.165) is 18.7 Å². The second-order valence-electron chi connectivity index (χ2n) is 8.19. The topological polar surface area (TPSA) is 89.4 Å². The summed E-state index contributed by atoms with van der Waals surface area (Å²) in [5, 5.41) is 14.1. The van der Waals surface area contributed by atoms with Crippen LogP contribution in [0.25, 0.3) is 0 Å². The molecule has 0 bridgehead atoms. The van der Waals surface area contributed by atoms with Gasteiger partial charge in [0.15, 0.2) is 0 Å². The molecule has 166 valence electrons. The number of aliphatic imine (C=N–C) groups is 1. The van der Waals surface area contributed by atoms with E-state index in [-0.39, 0.29) is 6.42 Å². The van der Waals surface area contributed by atoms with E-state index in [2.05, 4.69) is 38.8 Å². The Bertz CT molecular complexity index is 735. The van der Waals surface area contributed by atoms with Crippen molar-refractivity contribution in [2.75, 3.05) is 33.3 Å². The molecule has 30 heavy (non-hydrogen) atoms. The summed E-state index contributed by atoms with van der Waals surface area (Å²) in [6, 6.07) is 8.37. The lowest BCUT2D eigenvalue weighted by atomic mass is 10.0. The van der Waals surface area contributed by atoms with Crippen molar-refractivity contribution in [3.63, 3.8) is 0 Å². The maximum absolute atomic E-state index is 11.1. The van der Waals surface area contributed by atoms with Gasteiger partial charge >= 0.3 is 5.97 Å². The van der Waals surface area contributed by atoms with Crippen LogP contribution in [0.4, 0.5) is 0 Å². The molecule has 8 nitrogen and oxygen atoms in total. The molecule has 8 heteroatoms. The normalized spacial score (nSPS) is 23.5. The van der Waals surface area contributed by atoms with Gasteiger partial charge in [0, 0.05) is 26.6 Å². The number of ether oxygens (including phenoxy) is 1. The van der Waals surface area contributed by atoms with E-state index in [9.17, 15) is 4.79 Å². The lowest BCUT2D eigenvalue weighted by molar-refractivity contribution is -0.139. The van der Waals surface area contributed by atoms with Gasteiger partial charge < -0.3 is 15.2 Å². The summed E-state index contributed by atoms with van der Waals surface area (Å²) in [5.41, 5.74) is 3.80. The number of rotatable bonds is 10. The van der Waals surface area contributed by atoms with Crippen LogP contribution in [0.2, 0.25) is 0 Å². The number of likely N-dealkylation sites (tertiary alicyclic amines) is 1. The second kappa shape index (κ2) is 10.6. The molecule has 2 aliphatic rings. The summed E-state index contributed by atoms with van der Waals surface area (Å²) < 4.78 is 5.93. The van der Waals surface area contributed by atoms with Crippen LogP contribution in [0, 0.1) is 0 Å². The van der Waals surface area contributed by atoms with Crippen LogP contribution < -0.4 is 15.5 Å². The average molecular weight is 418 g/mol. The Balaban J connectivity index is 1.42. The number of hydrazine groups is 1. The number of aliphatic carboxylic acids is 1. The highest BCUT2D eigenvalue weighted by molar-refractivity contribution is 5.83. The molecule has 2 aliphatic heterocycles. The maximum atomic E-state index is 11.1. The molecule has 1 aromatic rings. The molecular weight excluding hydrogens is 382 g/mol. The first-order valence-corrected chi connectivity index (χ1v) is 11.0. The van der Waals surface area contributed by atoms with E-state index in [1.165, 1.54) is 37.9 Å². The monoisotopic (exact) mass is 417 g/mol. The molecule has 0 aliphatic carbocycles. The molecule has 0 aromatic heterocycles. The van der Waals surface area contributed by atoms with Crippen molar-refractivity contribution in [1.29, 1.82) is 0 Å². The van der Waals surface area contributed by atoms with Crippen LogP contribution in [0.15, 0.2) is 29.3 Å². The van der Waals surface area contributed by atoms with E-state index in [0.29, 0.717) is 25.5 Å². The molecule has 0 spiro atoms. The number of hydrogen-bond donors (Lipinski definition) is 3. The number of nitrogens with one attached hydrogen (secondary N) is 2. The highest BCUT2D eigenvalue weighted by Gasteiger charge is 2.39. The number of carboxylic acid groups (broad SMARTS) is 1. The lowest BCUT2D eigenvalue weighted by Crippen LogP contribution is -2.51. The highest BCUT2D eigenvalue weighted by Crippen LogP contribution is 2.19. The average Bonchev–Trinajstić information content (AvgIpc) is 3.04. The van der Waals surface area contributed by atoms with E-state index in [1.54, 1.807) is 5.01 Å². The molecule has 0 saturated carbocycles. The number of benzene rings is 1. The summed E-state index contributed by atoms with van der Waals surface area (Å²) >= 11 is 0. The molecule has 1 aromatic carbocycles. The number of piperidine rings is 1. The Kier molecular flexibility index (Phi) is 7.93. The van der Waals surface area contributed by atoms with E-state index in [1.807, 2.05) is 20.0 Å². The number of hydrogen-bond acceptors (Lipinski definition) is 5. The largest absolute Gasteiger partial charge is 0.494 e. The van der Waals surface area contributed by atoms with Crippen LogP contribution in [0.1, 0.15) is 51.0 Å². The Morgan fingerprint density at radius 1 is 1.30 bits per heavy atom. The van der Waals surface area contributed by atoms with Crippen molar-refractivity contribution < 1.29 is 14.6 Å². The predicted octanol–water partition coefficient (Wildman–Crippen LogP) is 2.42. The molecule has 0 radical (unpaired) electrons. The minimum atomic E-state index is -0.845. The van der Waals surface area contributed by atoms with Gasteiger partial charge in [-0.05, 0) is 50.0 Å². The summed E-state index contributed by atoms with van der Waals surface area (Å²) in [6.07, 6.45) is 5.36. The van der Waals surface area contributed by atoms with Gasteiger partial charge in [0.2, 0.25) is 5.96 Å². The van der Waals surface area contributed by atoms with Crippen LogP contribution in [0.5, 0.6) is 5.75 Å². The van der Waals surface area contributed by atoms with E-state index < -0.39 is 11.6 Å². The highest BCUT2D eigenvalue weighted by atomic mass is 16.5. The lowest BCUT2D eigenvalue weighted by Gasteiger charge is -2.26. The van der Waals surface area contributed by atoms with Gasteiger partial charge in [-0.1, -0.05) is 25.5 Å². The van der Waals surface area contributed by atoms with Crippen LogP contribution in [0.3, 0.4) is 0 Å². The molecule has 2 fully saturated rings. The molecule has 1 unspecified atom stereocenters. The third-order valence-electron chi connectivity index (χ3n) is 5.69. The first-order valence-electron chi connectivity index (χ1n) is 11.0. The van der Waals surface area contributed by atoms with Gasteiger partial charge in [0.1, 0.15) is 11.4 Å². The fourth-order valence-electron chi connectivity index (χ4n) is 4.03. The number of carbonyl (C=O) groups is 1. The zero-order chi connectivity index (χ0) is 21.4. The van der Waals surface area contributed by atoms with Crippen molar-refractivity contribution >= 4 is 11.9 Å². The summed E-state index contributed by atoms with van der Waals surface area (Å²) in [5.74, 6) is 0.727. The van der Waals surface area contributed by atoms with Gasteiger partial charge in [-0.15, -0.1) is 0 Å². The Morgan fingerprint density at radius 2 is 2.10 bits per heavy atom. The van der Waals surface area contributed by atoms with Gasteiger partial charge in [0.05, 0.1) is 13.0 Å². The van der Waals surface area contributed by atoms with Crippen LogP contribution in [-0.2, 0) is 11.3 Å². The third kappa shape index (κ3) is 6.34. The molecule has 1 atom stereocenters. The van der Waals surface area contributed by atoms with Crippen LogP contribution >= 0.6 is 0 Å². The zero-order valence-electron chi connectivity index (χ0n) is 18.2. The van der Waals surface area contributed by atoms with Gasteiger partial charge in [-0.2, -0.15) is 0 Å². The molecule has 3 rings (SSSR count). The Labute approximate surface area is 179 Å². The van der Waals surface area contributed by atoms with Crippen molar-refractivity contribution in [3.8, 4) is 5.75 Å². The van der Waals surface area contributed by atoms with Crippen molar-refractivity contribution in [1.82, 2.24) is 20.7 Å². The van der Waals surface area contributed by atoms with Gasteiger partial charge in [-0.25, -0.2) is 5.43 Å². The minimum Gasteiger partial charge on any atom is -0.494 e. The summed E-state index contributed by atoms with van der Waals surface area (Å²) in [4.78, 5) is 18.2. The molecule has 2 saturated heterocycles. The third-order valence-corrected chi connectivity index (χ3v) is 5.69. The number of nitrogens with zero attached hydrogens (tertiary/aromatic N) is 3. The van der Waals surface area contributed by atoms with E-state index >= 15 is 0 Å². The van der Waals surface area contributed by atoms with Crippen molar-refractivity contribution in [2.24, 2.45) is 4.99 Å². The molecule has 0 amide bonds. The standard InChI is InChI=1S/C22H35N5O3/c1-3-22(16-20(28)29)24-21(26(2)25-22)23-11-8-14-30-19-10-7-9-18(15-19)17-27-12-5-4-6-13-27/h7,9-10,15,25H,3-6,8,11-14,16-17H2,1-2H3,(H,23,24)(H,28,29). The van der Waals surface area contributed by atoms with Gasteiger partial charge in [0.25, 0.3) is 0 Å². The fourth-order valence-corrected chi connectivity index (χ4v) is 4.03. The summed E-state index contributed by atoms with van der Waals surface area (Å²) in [6.45, 7) is 6.52. The summed E-state index contributed by atoms with van der Waals surface area (Å²) in [7, 11) is 1.84. The molecule has 2 heterocycles. The van der Waals surface area contributed by atoms with Crippen molar-refractivity contribution in [2.45, 2.75) is 57.7 Å². The Hall–Kier alpha value is -2.32. The molecule has 3 N–H and O–H groups in total. The van der Waals surface area contributed by atoms with Crippen molar-refractivity contribution in [3.05, 3.63) is 29.8 Å². The number of guanidine groups is 1. The molecular formula is C22H35N5O3. The SMILES string of the molecule is CCC1(CC(=O)O)NC(=NCCCOc2cccc(CN3CCCCC3)c2)N(C)N1. The maximum Gasteiger partial charge on any atom is 0.307 e. The van der Waals surface area contributed by atoms with E-state index in [4.69, 9.17) is 9.84 Å². The Morgan fingerprint density at radius 3 is 2.83 bits per heavy atom. The zero-order valence-corrected chi connectivity index (χ0v) is 18.2. The second-order valence-corrected chi connectivity index (χ2v) is 8.19. The predicted molar refractivity (Wildman–Crippen MR) is 117 cm³/mol. The fraction of sp³-hybridized carbons (Fsp3) is 0.636. The van der Waals surface area contributed by atoms with Gasteiger partial charge in [-0.3, -0.25) is 19.7 Å². The van der Waals surface area contributed by atoms with Crippen LogP contribution in [-0.4, -0.2) is 65.9 Å².